The molecule has 0 unspecified atom stereocenters. The minimum atomic E-state index is -0.360. The lowest BCUT2D eigenvalue weighted by molar-refractivity contribution is 0.0160. The molecule has 1 fully saturated rings. The molecule has 0 N–H and O–H groups in total. The van der Waals surface area contributed by atoms with Crippen LogP contribution >= 0.6 is 11.6 Å². The lowest BCUT2D eigenvalue weighted by Gasteiger charge is -2.38. The largest absolute Gasteiger partial charge is 0.470 e. The van der Waals surface area contributed by atoms with Crippen LogP contribution in [0.5, 0.6) is 5.88 Å². The highest BCUT2D eigenvalue weighted by Gasteiger charge is 2.33. The molecular formula is C15H12ClFN2O2. The van der Waals surface area contributed by atoms with Gasteiger partial charge in [-0.1, -0.05) is 11.6 Å². The Morgan fingerprint density at radius 3 is 2.67 bits per heavy atom. The molecule has 1 aliphatic heterocycles. The van der Waals surface area contributed by atoms with Crippen molar-refractivity contribution in [1.82, 2.24) is 9.88 Å². The molecule has 0 aliphatic carbocycles. The van der Waals surface area contributed by atoms with E-state index >= 15 is 0 Å². The van der Waals surface area contributed by atoms with Gasteiger partial charge in [-0.2, -0.15) is 0 Å². The van der Waals surface area contributed by atoms with Gasteiger partial charge < -0.3 is 9.64 Å². The second-order valence-corrected chi connectivity index (χ2v) is 5.15. The van der Waals surface area contributed by atoms with Crippen molar-refractivity contribution < 1.29 is 13.9 Å². The monoisotopic (exact) mass is 306 g/mol. The fourth-order valence-corrected chi connectivity index (χ4v) is 2.24. The van der Waals surface area contributed by atoms with Crippen LogP contribution in [0.2, 0.25) is 5.02 Å². The highest BCUT2D eigenvalue weighted by Crippen LogP contribution is 2.24. The van der Waals surface area contributed by atoms with Crippen molar-refractivity contribution in [2.24, 2.45) is 0 Å². The first kappa shape index (κ1) is 13.8. The number of likely N-dealkylation sites (tertiary alicyclic amines) is 1. The van der Waals surface area contributed by atoms with E-state index in [-0.39, 0.29) is 17.8 Å². The summed E-state index contributed by atoms with van der Waals surface area (Å²) in [6, 6.07) is 8.91. The molecule has 0 bridgehead atoms. The summed E-state index contributed by atoms with van der Waals surface area (Å²) < 4.78 is 18.4. The van der Waals surface area contributed by atoms with Crippen LogP contribution in [0.4, 0.5) is 4.39 Å². The summed E-state index contributed by atoms with van der Waals surface area (Å²) in [7, 11) is 0. The van der Waals surface area contributed by atoms with Crippen LogP contribution in [-0.2, 0) is 0 Å². The highest BCUT2D eigenvalue weighted by atomic mass is 35.5. The van der Waals surface area contributed by atoms with Gasteiger partial charge in [0.05, 0.1) is 13.1 Å². The predicted octanol–water partition coefficient (Wildman–Crippen LogP) is 2.78. The van der Waals surface area contributed by atoms with Crippen molar-refractivity contribution in [1.29, 1.82) is 0 Å². The molecule has 1 aromatic carbocycles. The zero-order chi connectivity index (χ0) is 14.8. The van der Waals surface area contributed by atoms with Crippen LogP contribution in [0.25, 0.3) is 0 Å². The molecule has 0 spiro atoms. The molecule has 0 atom stereocenters. The minimum absolute atomic E-state index is 0.123. The standard InChI is InChI=1S/C15H12ClFN2O2/c16-13-2-1-7-18-14(13)21-12-8-19(9-12)15(20)10-3-5-11(17)6-4-10/h1-7,12H,8-9H2. The Labute approximate surface area is 126 Å². The molecule has 4 nitrogen and oxygen atoms in total. The molecule has 2 heterocycles. The topological polar surface area (TPSA) is 42.4 Å². The van der Waals surface area contributed by atoms with Crippen molar-refractivity contribution in [3.63, 3.8) is 0 Å². The van der Waals surface area contributed by atoms with Gasteiger partial charge in [-0.15, -0.1) is 0 Å². The number of pyridine rings is 1. The first-order valence-electron chi connectivity index (χ1n) is 6.45. The van der Waals surface area contributed by atoms with Gasteiger partial charge in [0, 0.05) is 11.8 Å². The Morgan fingerprint density at radius 2 is 2.00 bits per heavy atom. The summed E-state index contributed by atoms with van der Waals surface area (Å²) in [6.45, 7) is 0.923. The average molecular weight is 307 g/mol. The Morgan fingerprint density at radius 1 is 1.29 bits per heavy atom. The first-order valence-corrected chi connectivity index (χ1v) is 6.83. The summed E-state index contributed by atoms with van der Waals surface area (Å²) in [6.07, 6.45) is 1.48. The minimum Gasteiger partial charge on any atom is -0.470 e. The lowest BCUT2D eigenvalue weighted by atomic mass is 10.1. The van der Waals surface area contributed by atoms with Gasteiger partial charge in [0.1, 0.15) is 16.9 Å². The molecule has 6 heteroatoms. The summed E-state index contributed by atoms with van der Waals surface area (Å²) in [4.78, 5) is 17.8. The van der Waals surface area contributed by atoms with E-state index in [0.29, 0.717) is 29.6 Å². The summed E-state index contributed by atoms with van der Waals surface area (Å²) >= 11 is 5.96. The summed E-state index contributed by atoms with van der Waals surface area (Å²) in [5.74, 6) is -0.124. The van der Waals surface area contributed by atoms with E-state index in [9.17, 15) is 9.18 Å². The number of halogens is 2. The molecule has 21 heavy (non-hydrogen) atoms. The lowest BCUT2D eigenvalue weighted by Crippen LogP contribution is -2.56. The Hall–Kier alpha value is -2.14. The number of benzene rings is 1. The van der Waals surface area contributed by atoms with Crippen LogP contribution < -0.4 is 4.74 Å². The zero-order valence-corrected chi connectivity index (χ0v) is 11.8. The summed E-state index contributed by atoms with van der Waals surface area (Å²) in [5.41, 5.74) is 0.464. The quantitative estimate of drug-likeness (QED) is 0.875. The third-order valence-electron chi connectivity index (χ3n) is 3.23. The Bertz CT molecular complexity index is 657. The van der Waals surface area contributed by atoms with Crippen molar-refractivity contribution in [3.05, 3.63) is 59.0 Å². The SMILES string of the molecule is O=C(c1ccc(F)cc1)N1CC(Oc2ncccc2Cl)C1. The van der Waals surface area contributed by atoms with Gasteiger partial charge in [0.2, 0.25) is 5.88 Å². The molecule has 1 aliphatic rings. The van der Waals surface area contributed by atoms with E-state index in [2.05, 4.69) is 4.98 Å². The third-order valence-corrected chi connectivity index (χ3v) is 3.52. The molecule has 1 aromatic heterocycles. The van der Waals surface area contributed by atoms with E-state index in [1.807, 2.05) is 0 Å². The molecule has 1 saturated heterocycles. The van der Waals surface area contributed by atoms with Gasteiger partial charge >= 0.3 is 0 Å². The predicted molar refractivity (Wildman–Crippen MR) is 76.0 cm³/mol. The van der Waals surface area contributed by atoms with Crippen LogP contribution in [0.3, 0.4) is 0 Å². The number of amides is 1. The van der Waals surface area contributed by atoms with E-state index in [1.165, 1.54) is 24.3 Å². The van der Waals surface area contributed by atoms with Crippen molar-refractivity contribution in [2.75, 3.05) is 13.1 Å². The normalized spacial score (nSPS) is 14.7. The maximum Gasteiger partial charge on any atom is 0.254 e. The first-order chi connectivity index (χ1) is 10.1. The average Bonchev–Trinajstić information content (AvgIpc) is 2.44. The molecule has 0 radical (unpaired) electrons. The van der Waals surface area contributed by atoms with Crippen molar-refractivity contribution in [3.8, 4) is 5.88 Å². The van der Waals surface area contributed by atoms with Crippen LogP contribution in [-0.4, -0.2) is 35.0 Å². The van der Waals surface area contributed by atoms with Crippen molar-refractivity contribution >= 4 is 17.5 Å². The molecular weight excluding hydrogens is 295 g/mol. The van der Waals surface area contributed by atoms with Gasteiger partial charge in [0.15, 0.2) is 0 Å². The number of hydrogen-bond acceptors (Lipinski definition) is 3. The van der Waals surface area contributed by atoms with Gasteiger partial charge in [0.25, 0.3) is 5.91 Å². The van der Waals surface area contributed by atoms with E-state index in [0.717, 1.165) is 0 Å². The maximum atomic E-state index is 12.8. The number of hydrogen-bond donors (Lipinski definition) is 0. The maximum absolute atomic E-state index is 12.8. The highest BCUT2D eigenvalue weighted by molar-refractivity contribution is 6.31. The van der Waals surface area contributed by atoms with Crippen LogP contribution in [0.1, 0.15) is 10.4 Å². The van der Waals surface area contributed by atoms with Gasteiger partial charge in [-0.25, -0.2) is 9.37 Å². The molecule has 1 amide bonds. The fourth-order valence-electron chi connectivity index (χ4n) is 2.07. The number of carbonyl (C=O) groups excluding carboxylic acids is 1. The second kappa shape index (κ2) is 5.69. The van der Waals surface area contributed by atoms with Crippen LogP contribution in [0, 0.1) is 5.82 Å². The Balaban J connectivity index is 1.57. The van der Waals surface area contributed by atoms with Crippen LogP contribution in [0.15, 0.2) is 42.6 Å². The van der Waals surface area contributed by atoms with E-state index in [4.69, 9.17) is 16.3 Å². The molecule has 3 rings (SSSR count). The zero-order valence-electron chi connectivity index (χ0n) is 11.0. The fraction of sp³-hybridized carbons (Fsp3) is 0.200. The molecule has 0 saturated carbocycles. The number of rotatable bonds is 3. The van der Waals surface area contributed by atoms with Gasteiger partial charge in [-0.05, 0) is 36.4 Å². The second-order valence-electron chi connectivity index (χ2n) is 4.75. The Kier molecular flexibility index (Phi) is 3.75. The number of ether oxygens (including phenoxy) is 1. The van der Waals surface area contributed by atoms with E-state index in [1.54, 1.807) is 23.2 Å². The molecule has 2 aromatic rings. The van der Waals surface area contributed by atoms with Crippen molar-refractivity contribution in [2.45, 2.75) is 6.10 Å². The summed E-state index contributed by atoms with van der Waals surface area (Å²) in [5, 5.41) is 0.445. The third kappa shape index (κ3) is 2.97. The van der Waals surface area contributed by atoms with E-state index < -0.39 is 0 Å². The number of carbonyl (C=O) groups is 1. The number of nitrogens with zero attached hydrogens (tertiary/aromatic N) is 2. The smallest absolute Gasteiger partial charge is 0.254 e. The van der Waals surface area contributed by atoms with Gasteiger partial charge in [-0.3, -0.25) is 4.79 Å². The number of aromatic nitrogens is 1. The molecule has 108 valence electrons.